The summed E-state index contributed by atoms with van der Waals surface area (Å²) in [5.41, 5.74) is -0.225. The fourth-order valence-electron chi connectivity index (χ4n) is 1.92. The first-order chi connectivity index (χ1) is 7.16. The Morgan fingerprint density at radius 3 is 3.00 bits per heavy atom. The monoisotopic (exact) mass is 224 g/mol. The van der Waals surface area contributed by atoms with Crippen molar-refractivity contribution in [3.05, 3.63) is 22.4 Å². The van der Waals surface area contributed by atoms with Crippen molar-refractivity contribution in [3.8, 4) is 0 Å². The molecule has 2 atom stereocenters. The predicted molar refractivity (Wildman–Crippen MR) is 60.9 cm³/mol. The van der Waals surface area contributed by atoms with Gasteiger partial charge in [-0.05, 0) is 17.9 Å². The van der Waals surface area contributed by atoms with Crippen LogP contribution < -0.4 is 0 Å². The van der Waals surface area contributed by atoms with Crippen LogP contribution in [0.4, 0.5) is 0 Å². The number of Topliss-reactive ketones (excluding diaryl/α,β-unsaturated/α-hetero) is 1. The third kappa shape index (κ3) is 1.86. The maximum Gasteiger partial charge on any atom is 0.143 e. The molecule has 1 aromatic heterocycles. The molecule has 2 unspecified atom stereocenters. The fourth-order valence-corrected chi connectivity index (χ4v) is 2.55. The van der Waals surface area contributed by atoms with Crippen molar-refractivity contribution in [2.75, 3.05) is 0 Å². The number of rotatable bonds is 4. The number of ketones is 1. The van der Waals surface area contributed by atoms with Crippen LogP contribution in [0.5, 0.6) is 0 Å². The quantitative estimate of drug-likeness (QED) is 0.785. The molecular weight excluding hydrogens is 208 g/mol. The van der Waals surface area contributed by atoms with Gasteiger partial charge in [-0.2, -0.15) is 0 Å². The molecule has 0 aromatic carbocycles. The third-order valence-electron chi connectivity index (χ3n) is 3.46. The molecular formula is C12H16O2S. The highest BCUT2D eigenvalue weighted by molar-refractivity contribution is 7.09. The number of carbonyl (C=O) groups excluding carboxylic acids is 1. The van der Waals surface area contributed by atoms with Gasteiger partial charge in [0.25, 0.3) is 0 Å². The van der Waals surface area contributed by atoms with Gasteiger partial charge in [0.05, 0.1) is 18.1 Å². The summed E-state index contributed by atoms with van der Waals surface area (Å²) in [6.07, 6.45) is 1.59. The molecule has 0 spiro atoms. The summed E-state index contributed by atoms with van der Waals surface area (Å²) in [6.45, 7) is 4.71. The molecule has 1 saturated carbocycles. The first-order valence-electron chi connectivity index (χ1n) is 5.34. The lowest BCUT2D eigenvalue weighted by Crippen LogP contribution is -2.52. The molecule has 0 saturated heterocycles. The zero-order chi connectivity index (χ0) is 10.9. The van der Waals surface area contributed by atoms with Gasteiger partial charge in [-0.15, -0.1) is 11.3 Å². The lowest BCUT2D eigenvalue weighted by atomic mass is 9.64. The maximum absolute atomic E-state index is 11.5. The van der Waals surface area contributed by atoms with E-state index in [1.807, 2.05) is 18.4 Å². The number of ether oxygens (including phenoxy) is 1. The van der Waals surface area contributed by atoms with Crippen LogP contribution in [0, 0.1) is 5.41 Å². The van der Waals surface area contributed by atoms with Crippen LogP contribution in [0.1, 0.15) is 31.6 Å². The van der Waals surface area contributed by atoms with Gasteiger partial charge in [0, 0.05) is 11.3 Å². The Kier molecular flexibility index (Phi) is 2.94. The molecule has 1 aliphatic carbocycles. The van der Waals surface area contributed by atoms with Crippen molar-refractivity contribution >= 4 is 17.1 Å². The first-order valence-corrected chi connectivity index (χ1v) is 6.22. The van der Waals surface area contributed by atoms with E-state index in [0.29, 0.717) is 18.8 Å². The van der Waals surface area contributed by atoms with Crippen LogP contribution in [0.15, 0.2) is 17.5 Å². The minimum Gasteiger partial charge on any atom is -0.371 e. The largest absolute Gasteiger partial charge is 0.371 e. The first kappa shape index (κ1) is 10.8. The molecule has 0 N–H and O–H groups in total. The Morgan fingerprint density at radius 1 is 1.67 bits per heavy atom. The summed E-state index contributed by atoms with van der Waals surface area (Å²) in [5.74, 6) is 0.348. The van der Waals surface area contributed by atoms with Gasteiger partial charge in [-0.25, -0.2) is 0 Å². The van der Waals surface area contributed by atoms with Crippen LogP contribution in [0.3, 0.4) is 0 Å². The van der Waals surface area contributed by atoms with Crippen LogP contribution in [0.2, 0.25) is 0 Å². The Morgan fingerprint density at radius 2 is 2.47 bits per heavy atom. The molecule has 2 nitrogen and oxygen atoms in total. The van der Waals surface area contributed by atoms with Crippen LogP contribution in [-0.2, 0) is 16.1 Å². The highest BCUT2D eigenvalue weighted by atomic mass is 32.1. The summed E-state index contributed by atoms with van der Waals surface area (Å²) in [7, 11) is 0. The van der Waals surface area contributed by atoms with E-state index in [2.05, 4.69) is 13.0 Å². The highest BCUT2D eigenvalue weighted by Gasteiger charge is 2.50. The predicted octanol–water partition coefficient (Wildman–Crippen LogP) is 3.02. The zero-order valence-electron chi connectivity index (χ0n) is 9.16. The molecule has 0 aliphatic heterocycles. The Labute approximate surface area is 94.3 Å². The number of hydrogen-bond acceptors (Lipinski definition) is 3. The lowest BCUT2D eigenvalue weighted by Gasteiger charge is -2.44. The van der Waals surface area contributed by atoms with Gasteiger partial charge in [-0.1, -0.05) is 19.9 Å². The molecule has 1 heterocycles. The molecule has 15 heavy (non-hydrogen) atoms. The molecule has 1 aromatic rings. The van der Waals surface area contributed by atoms with Gasteiger partial charge < -0.3 is 4.74 Å². The summed E-state index contributed by atoms with van der Waals surface area (Å²) < 4.78 is 5.79. The second kappa shape index (κ2) is 4.06. The van der Waals surface area contributed by atoms with E-state index in [9.17, 15) is 4.79 Å². The molecule has 0 radical (unpaired) electrons. The lowest BCUT2D eigenvalue weighted by molar-refractivity contribution is -0.163. The number of hydrogen-bond donors (Lipinski definition) is 0. The van der Waals surface area contributed by atoms with Crippen molar-refractivity contribution in [2.45, 2.75) is 39.4 Å². The van der Waals surface area contributed by atoms with Crippen LogP contribution in [-0.4, -0.2) is 11.9 Å². The van der Waals surface area contributed by atoms with Crippen molar-refractivity contribution in [1.29, 1.82) is 0 Å². The average molecular weight is 224 g/mol. The Balaban J connectivity index is 1.89. The molecule has 2 rings (SSSR count). The van der Waals surface area contributed by atoms with Gasteiger partial charge in [0.1, 0.15) is 5.78 Å². The number of carbonyl (C=O) groups is 1. The normalized spacial score (nSPS) is 30.3. The summed E-state index contributed by atoms with van der Waals surface area (Å²) in [4.78, 5) is 12.7. The van der Waals surface area contributed by atoms with Crippen molar-refractivity contribution in [2.24, 2.45) is 5.41 Å². The van der Waals surface area contributed by atoms with E-state index in [-0.39, 0.29) is 11.5 Å². The third-order valence-corrected chi connectivity index (χ3v) is 4.31. The molecule has 3 heteroatoms. The average Bonchev–Trinajstić information content (AvgIpc) is 2.75. The topological polar surface area (TPSA) is 26.3 Å². The van der Waals surface area contributed by atoms with E-state index in [0.717, 1.165) is 6.42 Å². The second-order valence-electron chi connectivity index (χ2n) is 4.28. The van der Waals surface area contributed by atoms with Gasteiger partial charge >= 0.3 is 0 Å². The molecule has 1 aliphatic rings. The van der Waals surface area contributed by atoms with Crippen LogP contribution >= 0.6 is 11.3 Å². The van der Waals surface area contributed by atoms with Crippen LogP contribution in [0.25, 0.3) is 0 Å². The molecule has 1 fully saturated rings. The second-order valence-corrected chi connectivity index (χ2v) is 5.31. The summed E-state index contributed by atoms with van der Waals surface area (Å²) in [6, 6.07) is 4.09. The highest BCUT2D eigenvalue weighted by Crippen LogP contribution is 2.42. The maximum atomic E-state index is 11.5. The van der Waals surface area contributed by atoms with E-state index in [1.165, 1.54) is 4.88 Å². The number of thiophene rings is 1. The van der Waals surface area contributed by atoms with E-state index >= 15 is 0 Å². The standard InChI is InChI=1S/C12H16O2S/c1-3-12(2)10(13)7-11(12)14-8-9-5-4-6-15-9/h4-6,11H,3,7-8H2,1-2H3. The molecule has 0 bridgehead atoms. The Bertz CT molecular complexity index is 345. The van der Waals surface area contributed by atoms with Crippen molar-refractivity contribution in [3.63, 3.8) is 0 Å². The fraction of sp³-hybridized carbons (Fsp3) is 0.583. The van der Waals surface area contributed by atoms with Gasteiger partial charge in [0.15, 0.2) is 0 Å². The van der Waals surface area contributed by atoms with E-state index in [1.54, 1.807) is 11.3 Å². The SMILES string of the molecule is CCC1(C)C(=O)CC1OCc1cccs1. The smallest absolute Gasteiger partial charge is 0.143 e. The van der Waals surface area contributed by atoms with E-state index in [4.69, 9.17) is 4.74 Å². The molecule has 82 valence electrons. The van der Waals surface area contributed by atoms with Crippen molar-refractivity contribution in [1.82, 2.24) is 0 Å². The summed E-state index contributed by atoms with van der Waals surface area (Å²) in [5, 5.41) is 2.05. The minimum atomic E-state index is -0.225. The minimum absolute atomic E-state index is 0.122. The van der Waals surface area contributed by atoms with Gasteiger partial charge in [0.2, 0.25) is 0 Å². The zero-order valence-corrected chi connectivity index (χ0v) is 9.97. The van der Waals surface area contributed by atoms with Crippen molar-refractivity contribution < 1.29 is 9.53 Å². The summed E-state index contributed by atoms with van der Waals surface area (Å²) >= 11 is 1.70. The Hall–Kier alpha value is -0.670. The molecule has 0 amide bonds. The van der Waals surface area contributed by atoms with E-state index < -0.39 is 0 Å². The van der Waals surface area contributed by atoms with Gasteiger partial charge in [-0.3, -0.25) is 4.79 Å².